The Morgan fingerprint density at radius 1 is 1.19 bits per heavy atom. The lowest BCUT2D eigenvalue weighted by Gasteiger charge is -2.33. The number of hydrogen-bond donors (Lipinski definition) is 1. The standard InChI is InChI=1S/C21H29FN4O/c1-2-26-19-14-16(22)8-9-18(19)20(24-26)15-10-12-25(13-11-15)21(27)23-17-6-4-3-5-7-17/h8-9,14-15,17H,2-7,10-13H2,1H3,(H,23,27). The second-order valence-electron chi connectivity index (χ2n) is 7.91. The monoisotopic (exact) mass is 372 g/mol. The van der Waals surface area contributed by atoms with Gasteiger partial charge in [-0.15, -0.1) is 0 Å². The van der Waals surface area contributed by atoms with Gasteiger partial charge in [0.25, 0.3) is 0 Å². The number of hydrogen-bond acceptors (Lipinski definition) is 2. The maximum atomic E-state index is 13.6. The molecule has 2 heterocycles. The minimum absolute atomic E-state index is 0.0892. The van der Waals surface area contributed by atoms with Crippen LogP contribution in [0.25, 0.3) is 10.9 Å². The third-order valence-corrected chi connectivity index (χ3v) is 6.14. The summed E-state index contributed by atoms with van der Waals surface area (Å²) < 4.78 is 15.5. The third kappa shape index (κ3) is 3.80. The quantitative estimate of drug-likeness (QED) is 0.867. The van der Waals surface area contributed by atoms with Crippen molar-refractivity contribution in [2.45, 2.75) is 70.4 Å². The van der Waals surface area contributed by atoms with E-state index in [0.29, 0.717) is 12.0 Å². The highest BCUT2D eigenvalue weighted by molar-refractivity contribution is 5.82. The van der Waals surface area contributed by atoms with Gasteiger partial charge in [0.1, 0.15) is 5.82 Å². The van der Waals surface area contributed by atoms with Crippen molar-refractivity contribution in [2.24, 2.45) is 0 Å². The molecule has 0 atom stereocenters. The van der Waals surface area contributed by atoms with Crippen molar-refractivity contribution in [1.29, 1.82) is 0 Å². The largest absolute Gasteiger partial charge is 0.335 e. The summed E-state index contributed by atoms with van der Waals surface area (Å²) in [5.74, 6) is 0.0994. The number of urea groups is 1. The summed E-state index contributed by atoms with van der Waals surface area (Å²) in [6.07, 6.45) is 7.77. The van der Waals surface area contributed by atoms with Gasteiger partial charge < -0.3 is 10.2 Å². The van der Waals surface area contributed by atoms with Crippen LogP contribution in [0.15, 0.2) is 18.2 Å². The molecule has 0 spiro atoms. The molecule has 146 valence electrons. The van der Waals surface area contributed by atoms with Gasteiger partial charge in [0, 0.05) is 37.0 Å². The smallest absolute Gasteiger partial charge is 0.317 e. The van der Waals surface area contributed by atoms with E-state index in [-0.39, 0.29) is 11.8 Å². The van der Waals surface area contributed by atoms with Gasteiger partial charge >= 0.3 is 6.03 Å². The van der Waals surface area contributed by atoms with Crippen LogP contribution in [0.5, 0.6) is 0 Å². The van der Waals surface area contributed by atoms with Crippen molar-refractivity contribution in [3.8, 4) is 0 Å². The van der Waals surface area contributed by atoms with Crippen LogP contribution >= 0.6 is 0 Å². The highest BCUT2D eigenvalue weighted by Crippen LogP contribution is 2.33. The van der Waals surface area contributed by atoms with E-state index in [2.05, 4.69) is 5.32 Å². The lowest BCUT2D eigenvalue weighted by molar-refractivity contribution is 0.174. The predicted molar refractivity (Wildman–Crippen MR) is 104 cm³/mol. The van der Waals surface area contributed by atoms with E-state index < -0.39 is 0 Å². The van der Waals surface area contributed by atoms with Crippen molar-refractivity contribution >= 4 is 16.9 Å². The van der Waals surface area contributed by atoms with E-state index in [9.17, 15) is 9.18 Å². The molecule has 0 unspecified atom stereocenters. The molecule has 1 saturated heterocycles. The van der Waals surface area contributed by atoms with Crippen LogP contribution in [0.2, 0.25) is 0 Å². The Kier molecular flexibility index (Phi) is 5.32. The fourth-order valence-corrected chi connectivity index (χ4v) is 4.58. The number of carbonyl (C=O) groups is 1. The summed E-state index contributed by atoms with van der Waals surface area (Å²) in [5.41, 5.74) is 1.92. The molecule has 1 saturated carbocycles. The van der Waals surface area contributed by atoms with Crippen LogP contribution < -0.4 is 5.32 Å². The topological polar surface area (TPSA) is 50.2 Å². The predicted octanol–water partition coefficient (Wildman–Crippen LogP) is 4.42. The van der Waals surface area contributed by atoms with Gasteiger partial charge in [-0.05, 0) is 50.8 Å². The minimum Gasteiger partial charge on any atom is -0.335 e. The van der Waals surface area contributed by atoms with Crippen molar-refractivity contribution < 1.29 is 9.18 Å². The maximum Gasteiger partial charge on any atom is 0.317 e. The molecule has 6 heteroatoms. The van der Waals surface area contributed by atoms with Crippen molar-refractivity contribution in [2.75, 3.05) is 13.1 Å². The number of aryl methyl sites for hydroxylation is 1. The molecular weight excluding hydrogens is 343 g/mol. The van der Waals surface area contributed by atoms with E-state index in [1.165, 1.54) is 25.3 Å². The Labute approximate surface area is 159 Å². The average Bonchev–Trinajstić information content (AvgIpc) is 3.06. The number of benzene rings is 1. The van der Waals surface area contributed by atoms with Gasteiger partial charge in [-0.25, -0.2) is 9.18 Å². The average molecular weight is 372 g/mol. The number of halogens is 1. The molecule has 2 aromatic rings. The molecule has 2 amide bonds. The summed E-state index contributed by atoms with van der Waals surface area (Å²) >= 11 is 0. The van der Waals surface area contributed by atoms with Gasteiger partial charge in [-0.1, -0.05) is 19.3 Å². The van der Waals surface area contributed by atoms with E-state index >= 15 is 0 Å². The molecule has 0 radical (unpaired) electrons. The van der Waals surface area contributed by atoms with Crippen molar-refractivity contribution in [1.82, 2.24) is 20.0 Å². The van der Waals surface area contributed by atoms with Gasteiger partial charge in [0.05, 0.1) is 11.2 Å². The molecular formula is C21H29FN4O. The number of likely N-dealkylation sites (tertiary alicyclic amines) is 1. The molecule has 5 nitrogen and oxygen atoms in total. The van der Waals surface area contributed by atoms with E-state index in [4.69, 9.17) is 5.10 Å². The number of aromatic nitrogens is 2. The number of rotatable bonds is 3. The summed E-state index contributed by atoms with van der Waals surface area (Å²) in [7, 11) is 0. The van der Waals surface area contributed by atoms with Gasteiger partial charge in [-0.2, -0.15) is 5.10 Å². The molecule has 1 aromatic carbocycles. The first-order valence-electron chi connectivity index (χ1n) is 10.4. The Hall–Kier alpha value is -2.11. The number of carbonyl (C=O) groups excluding carboxylic acids is 1. The van der Waals surface area contributed by atoms with E-state index in [1.807, 2.05) is 22.6 Å². The Morgan fingerprint density at radius 3 is 2.63 bits per heavy atom. The van der Waals surface area contributed by atoms with Gasteiger partial charge in [0.15, 0.2) is 0 Å². The van der Waals surface area contributed by atoms with Crippen molar-refractivity contribution in [3.63, 3.8) is 0 Å². The van der Waals surface area contributed by atoms with Crippen LogP contribution in [-0.2, 0) is 6.54 Å². The fourth-order valence-electron chi connectivity index (χ4n) is 4.58. The van der Waals surface area contributed by atoms with Crippen LogP contribution in [0.3, 0.4) is 0 Å². The van der Waals surface area contributed by atoms with Crippen LogP contribution in [0.4, 0.5) is 9.18 Å². The summed E-state index contributed by atoms with van der Waals surface area (Å²) in [4.78, 5) is 14.5. The zero-order chi connectivity index (χ0) is 18.8. The number of piperidine rings is 1. The third-order valence-electron chi connectivity index (χ3n) is 6.14. The summed E-state index contributed by atoms with van der Waals surface area (Å²) in [5, 5.41) is 9.03. The molecule has 1 aromatic heterocycles. The number of fused-ring (bicyclic) bond motifs is 1. The molecule has 2 aliphatic rings. The molecule has 1 aliphatic heterocycles. The highest BCUT2D eigenvalue weighted by atomic mass is 19.1. The van der Waals surface area contributed by atoms with Crippen LogP contribution in [0, 0.1) is 5.82 Å². The second-order valence-corrected chi connectivity index (χ2v) is 7.91. The highest BCUT2D eigenvalue weighted by Gasteiger charge is 2.28. The van der Waals surface area contributed by atoms with Crippen LogP contribution in [-0.4, -0.2) is 39.8 Å². The Morgan fingerprint density at radius 2 is 1.93 bits per heavy atom. The number of amides is 2. The molecule has 1 aliphatic carbocycles. The Balaban J connectivity index is 1.42. The number of nitrogens with zero attached hydrogens (tertiary/aromatic N) is 3. The van der Waals surface area contributed by atoms with Crippen LogP contribution in [0.1, 0.15) is 63.5 Å². The van der Waals surface area contributed by atoms with Gasteiger partial charge in [0.2, 0.25) is 0 Å². The van der Waals surface area contributed by atoms with Crippen molar-refractivity contribution in [3.05, 3.63) is 29.7 Å². The first-order valence-corrected chi connectivity index (χ1v) is 10.4. The molecule has 4 rings (SSSR count). The zero-order valence-corrected chi connectivity index (χ0v) is 16.1. The molecule has 0 bridgehead atoms. The normalized spacial score (nSPS) is 19.6. The number of nitrogens with one attached hydrogen (secondary N) is 1. The molecule has 27 heavy (non-hydrogen) atoms. The molecule has 1 N–H and O–H groups in total. The second kappa shape index (κ2) is 7.87. The zero-order valence-electron chi connectivity index (χ0n) is 16.1. The first-order chi connectivity index (χ1) is 13.2. The first kappa shape index (κ1) is 18.3. The Bertz CT molecular complexity index is 804. The SMILES string of the molecule is CCn1nc(C2CCN(C(=O)NC3CCCCC3)CC2)c2ccc(F)cc21. The lowest BCUT2D eigenvalue weighted by Crippen LogP contribution is -2.48. The molecule has 2 fully saturated rings. The van der Waals surface area contributed by atoms with E-state index in [1.54, 1.807) is 6.07 Å². The summed E-state index contributed by atoms with van der Waals surface area (Å²) in [6.45, 7) is 4.26. The lowest BCUT2D eigenvalue weighted by atomic mass is 9.91. The maximum absolute atomic E-state index is 13.6. The van der Waals surface area contributed by atoms with E-state index in [0.717, 1.165) is 61.9 Å². The fraction of sp³-hybridized carbons (Fsp3) is 0.619. The summed E-state index contributed by atoms with van der Waals surface area (Å²) in [6, 6.07) is 5.37. The minimum atomic E-state index is -0.224. The van der Waals surface area contributed by atoms with Gasteiger partial charge in [-0.3, -0.25) is 4.68 Å².